The quantitative estimate of drug-likeness (QED) is 0.384. The van der Waals surface area contributed by atoms with Crippen molar-refractivity contribution in [3.05, 3.63) is 0 Å². The third-order valence-electron chi connectivity index (χ3n) is 5.43. The number of aliphatic imine (C=N–C) groups is 1. The molecule has 24 heavy (non-hydrogen) atoms. The van der Waals surface area contributed by atoms with E-state index >= 15 is 0 Å². The monoisotopic (exact) mass is 337 g/mol. The first-order valence-electron chi connectivity index (χ1n) is 10.0. The summed E-state index contributed by atoms with van der Waals surface area (Å²) >= 11 is 0. The van der Waals surface area contributed by atoms with Crippen LogP contribution in [0.1, 0.15) is 46.0 Å². The zero-order valence-electron chi connectivity index (χ0n) is 16.4. The van der Waals surface area contributed by atoms with Crippen LogP contribution < -0.4 is 10.6 Å². The second-order valence-corrected chi connectivity index (χ2v) is 7.89. The third kappa shape index (κ3) is 6.98. The van der Waals surface area contributed by atoms with E-state index in [-0.39, 0.29) is 0 Å². The number of likely N-dealkylation sites (N-methyl/N-ethyl adjacent to an activating group) is 1. The van der Waals surface area contributed by atoms with Crippen LogP contribution in [0.25, 0.3) is 0 Å². The maximum Gasteiger partial charge on any atom is 0.191 e. The minimum absolute atomic E-state index is 0.593. The predicted molar refractivity (Wildman–Crippen MR) is 104 cm³/mol. The first kappa shape index (κ1) is 19.5. The molecule has 0 aromatic carbocycles. The molecule has 0 amide bonds. The number of nitrogens with one attached hydrogen (secondary N) is 2. The Bertz CT molecular complexity index is 368. The van der Waals surface area contributed by atoms with E-state index in [9.17, 15) is 0 Å². The number of likely N-dealkylation sites (tertiary alicyclic amines) is 1. The molecule has 1 unspecified atom stereocenters. The van der Waals surface area contributed by atoms with Gasteiger partial charge in [0.25, 0.3) is 0 Å². The molecule has 0 bridgehead atoms. The van der Waals surface area contributed by atoms with Gasteiger partial charge in [0, 0.05) is 19.1 Å². The van der Waals surface area contributed by atoms with Crippen LogP contribution in [0.5, 0.6) is 0 Å². The Morgan fingerprint density at radius 2 is 1.88 bits per heavy atom. The Hall–Kier alpha value is -0.810. The minimum atomic E-state index is 0.593. The van der Waals surface area contributed by atoms with Gasteiger partial charge in [0.1, 0.15) is 0 Å². The third-order valence-corrected chi connectivity index (χ3v) is 5.43. The molecule has 5 nitrogen and oxygen atoms in total. The van der Waals surface area contributed by atoms with Crippen molar-refractivity contribution < 1.29 is 0 Å². The number of guanidine groups is 1. The highest BCUT2D eigenvalue weighted by Gasteiger charge is 2.32. The average molecular weight is 338 g/mol. The molecule has 0 radical (unpaired) electrons. The van der Waals surface area contributed by atoms with Gasteiger partial charge in [-0.05, 0) is 84.6 Å². The van der Waals surface area contributed by atoms with E-state index in [1.807, 2.05) is 0 Å². The fraction of sp³-hybridized carbons (Fsp3) is 0.947. The lowest BCUT2D eigenvalue weighted by atomic mass is 9.99. The summed E-state index contributed by atoms with van der Waals surface area (Å²) in [7, 11) is 4.36. The van der Waals surface area contributed by atoms with Crippen molar-refractivity contribution in [1.29, 1.82) is 0 Å². The Morgan fingerprint density at radius 3 is 2.46 bits per heavy atom. The zero-order chi connectivity index (χ0) is 17.4. The van der Waals surface area contributed by atoms with E-state index in [4.69, 9.17) is 4.99 Å². The van der Waals surface area contributed by atoms with Gasteiger partial charge in [-0.25, -0.2) is 0 Å². The summed E-state index contributed by atoms with van der Waals surface area (Å²) in [6.07, 6.45) is 6.67. The minimum Gasteiger partial charge on any atom is -0.357 e. The molecule has 1 aliphatic carbocycles. The topological polar surface area (TPSA) is 42.9 Å². The Balaban J connectivity index is 1.67. The Labute approximate surface area is 149 Å². The molecule has 2 aliphatic rings. The summed E-state index contributed by atoms with van der Waals surface area (Å²) in [4.78, 5) is 9.78. The average Bonchev–Trinajstić information content (AvgIpc) is 3.38. The molecule has 1 atom stereocenters. The summed E-state index contributed by atoms with van der Waals surface area (Å²) < 4.78 is 0. The van der Waals surface area contributed by atoms with Crippen LogP contribution in [-0.4, -0.2) is 75.2 Å². The van der Waals surface area contributed by atoms with Gasteiger partial charge in [-0.1, -0.05) is 6.92 Å². The van der Waals surface area contributed by atoms with Gasteiger partial charge < -0.3 is 20.4 Å². The van der Waals surface area contributed by atoms with Crippen LogP contribution in [-0.2, 0) is 0 Å². The maximum absolute atomic E-state index is 4.83. The van der Waals surface area contributed by atoms with E-state index in [2.05, 4.69) is 48.4 Å². The Morgan fingerprint density at radius 1 is 1.17 bits per heavy atom. The summed E-state index contributed by atoms with van der Waals surface area (Å²) in [5.74, 6) is 2.76. The second kappa shape index (κ2) is 10.2. The molecule has 2 fully saturated rings. The maximum atomic E-state index is 4.83. The lowest BCUT2D eigenvalue weighted by molar-refractivity contribution is 0.191. The number of rotatable bonds is 9. The molecule has 5 heteroatoms. The SMILES string of the molecule is CCNC(=NCC(C1CC1)N(C)C)NCCCN1CCC(C)CC1. The van der Waals surface area contributed by atoms with E-state index < -0.39 is 0 Å². The lowest BCUT2D eigenvalue weighted by Crippen LogP contribution is -2.41. The summed E-state index contributed by atoms with van der Waals surface area (Å²) in [6.45, 7) is 11.1. The first-order chi connectivity index (χ1) is 11.6. The molecule has 1 aliphatic heterocycles. The van der Waals surface area contributed by atoms with Crippen molar-refractivity contribution in [2.24, 2.45) is 16.8 Å². The molecule has 1 saturated carbocycles. The van der Waals surface area contributed by atoms with Gasteiger partial charge in [0.15, 0.2) is 5.96 Å². The van der Waals surface area contributed by atoms with Crippen molar-refractivity contribution >= 4 is 5.96 Å². The van der Waals surface area contributed by atoms with Crippen molar-refractivity contribution in [3.8, 4) is 0 Å². The van der Waals surface area contributed by atoms with Crippen molar-refractivity contribution in [2.75, 3.05) is 53.4 Å². The van der Waals surface area contributed by atoms with E-state index in [0.717, 1.165) is 37.4 Å². The van der Waals surface area contributed by atoms with Crippen LogP contribution in [0.2, 0.25) is 0 Å². The van der Waals surface area contributed by atoms with Crippen molar-refractivity contribution in [2.45, 2.75) is 52.0 Å². The van der Waals surface area contributed by atoms with Crippen LogP contribution in [0, 0.1) is 11.8 Å². The zero-order valence-corrected chi connectivity index (χ0v) is 16.4. The molecule has 0 aromatic rings. The summed E-state index contributed by atoms with van der Waals surface area (Å²) in [5, 5.41) is 6.90. The van der Waals surface area contributed by atoms with Gasteiger partial charge in [0.2, 0.25) is 0 Å². The molecule has 0 spiro atoms. The van der Waals surface area contributed by atoms with Gasteiger partial charge in [-0.3, -0.25) is 4.99 Å². The molecular formula is C19H39N5. The highest BCUT2D eigenvalue weighted by molar-refractivity contribution is 5.79. The number of nitrogens with zero attached hydrogens (tertiary/aromatic N) is 3. The highest BCUT2D eigenvalue weighted by atomic mass is 15.2. The fourth-order valence-electron chi connectivity index (χ4n) is 3.54. The molecule has 140 valence electrons. The summed E-state index contributed by atoms with van der Waals surface area (Å²) in [5.41, 5.74) is 0. The number of hydrogen-bond donors (Lipinski definition) is 2. The second-order valence-electron chi connectivity index (χ2n) is 7.89. The van der Waals surface area contributed by atoms with Crippen molar-refractivity contribution in [3.63, 3.8) is 0 Å². The first-order valence-corrected chi connectivity index (χ1v) is 10.0. The van der Waals surface area contributed by atoms with Gasteiger partial charge in [-0.15, -0.1) is 0 Å². The molecule has 2 rings (SSSR count). The number of hydrogen-bond acceptors (Lipinski definition) is 3. The van der Waals surface area contributed by atoms with Crippen molar-refractivity contribution in [1.82, 2.24) is 20.4 Å². The van der Waals surface area contributed by atoms with Gasteiger partial charge in [-0.2, -0.15) is 0 Å². The largest absolute Gasteiger partial charge is 0.357 e. The number of piperidine rings is 1. The van der Waals surface area contributed by atoms with E-state index in [1.165, 1.54) is 51.7 Å². The van der Waals surface area contributed by atoms with E-state index in [1.54, 1.807) is 0 Å². The summed E-state index contributed by atoms with van der Waals surface area (Å²) in [6, 6.07) is 0.593. The fourth-order valence-corrected chi connectivity index (χ4v) is 3.54. The standard InChI is InChI=1S/C19H39N5/c1-5-20-19(22-15-18(23(3)4)17-7-8-17)21-11-6-12-24-13-9-16(2)10-14-24/h16-18H,5-15H2,1-4H3,(H2,20,21,22). The van der Waals surface area contributed by atoms with Crippen LogP contribution in [0.15, 0.2) is 4.99 Å². The van der Waals surface area contributed by atoms with Gasteiger partial charge in [0.05, 0.1) is 6.54 Å². The predicted octanol–water partition coefficient (Wildman–Crippen LogP) is 2.00. The molecule has 1 saturated heterocycles. The highest BCUT2D eigenvalue weighted by Crippen LogP contribution is 2.34. The van der Waals surface area contributed by atoms with Crippen LogP contribution in [0.4, 0.5) is 0 Å². The van der Waals surface area contributed by atoms with Crippen LogP contribution >= 0.6 is 0 Å². The smallest absolute Gasteiger partial charge is 0.191 e. The van der Waals surface area contributed by atoms with Gasteiger partial charge >= 0.3 is 0 Å². The Kier molecular flexibility index (Phi) is 8.33. The molecular weight excluding hydrogens is 298 g/mol. The molecule has 1 heterocycles. The van der Waals surface area contributed by atoms with E-state index in [0.29, 0.717) is 6.04 Å². The normalized spacial score (nSPS) is 22.0. The van der Waals surface area contributed by atoms with Crippen LogP contribution in [0.3, 0.4) is 0 Å². The molecule has 0 aromatic heterocycles. The molecule has 2 N–H and O–H groups in total. The lowest BCUT2D eigenvalue weighted by Gasteiger charge is -2.30.